The van der Waals surface area contributed by atoms with Crippen molar-refractivity contribution < 1.29 is 18.7 Å². The molecule has 0 unspecified atom stereocenters. The molecule has 2 aromatic rings. The van der Waals surface area contributed by atoms with Crippen LogP contribution in [0.3, 0.4) is 0 Å². The topological polar surface area (TPSA) is 55.4 Å². The summed E-state index contributed by atoms with van der Waals surface area (Å²) < 4.78 is 17.8. The highest BCUT2D eigenvalue weighted by molar-refractivity contribution is 7.99. The molecule has 1 amide bonds. The molecule has 0 fully saturated rings. The molecule has 7 heteroatoms. The van der Waals surface area contributed by atoms with E-state index in [-0.39, 0.29) is 30.8 Å². The van der Waals surface area contributed by atoms with Crippen molar-refractivity contribution in [2.45, 2.75) is 24.3 Å². The normalized spacial score (nSPS) is 11.7. The number of hydrogen-bond acceptors (Lipinski definition) is 4. The fourth-order valence-corrected chi connectivity index (χ4v) is 3.18. The van der Waals surface area contributed by atoms with E-state index < -0.39 is 5.97 Å². The van der Waals surface area contributed by atoms with E-state index in [0.717, 1.165) is 10.5 Å². The highest BCUT2D eigenvalue weighted by atomic mass is 35.5. The van der Waals surface area contributed by atoms with Crippen LogP contribution in [0.4, 0.5) is 4.39 Å². The van der Waals surface area contributed by atoms with Crippen molar-refractivity contribution >= 4 is 35.2 Å². The first-order valence-electron chi connectivity index (χ1n) is 8.03. The number of hydrogen-bond donors (Lipinski definition) is 1. The summed E-state index contributed by atoms with van der Waals surface area (Å²) in [6.45, 7) is 1.50. The van der Waals surface area contributed by atoms with Gasteiger partial charge in [-0.3, -0.25) is 9.59 Å². The van der Waals surface area contributed by atoms with Crippen LogP contribution in [0, 0.1) is 5.82 Å². The fourth-order valence-electron chi connectivity index (χ4n) is 2.14. The smallest absolute Gasteiger partial charge is 0.307 e. The van der Waals surface area contributed by atoms with Crippen molar-refractivity contribution in [3.8, 4) is 0 Å². The number of nitrogens with one attached hydrogen (secondary N) is 1. The van der Waals surface area contributed by atoms with Gasteiger partial charge in [-0.15, -0.1) is 11.8 Å². The van der Waals surface area contributed by atoms with Gasteiger partial charge in [0.2, 0.25) is 0 Å². The summed E-state index contributed by atoms with van der Waals surface area (Å²) in [5.41, 5.74) is 0.868. The number of esters is 1. The monoisotopic (exact) mass is 395 g/mol. The number of ether oxygens (including phenoxy) is 1. The van der Waals surface area contributed by atoms with Crippen LogP contribution < -0.4 is 5.32 Å². The third-order valence-electron chi connectivity index (χ3n) is 3.48. The number of amides is 1. The molecule has 0 saturated heterocycles. The molecule has 2 rings (SSSR count). The second kappa shape index (κ2) is 10.2. The Kier molecular flexibility index (Phi) is 7.94. The molecule has 2 aromatic carbocycles. The van der Waals surface area contributed by atoms with E-state index in [4.69, 9.17) is 16.3 Å². The molecule has 0 radical (unpaired) electrons. The molecule has 0 bridgehead atoms. The molecule has 0 aliphatic rings. The maximum Gasteiger partial charge on any atom is 0.307 e. The van der Waals surface area contributed by atoms with Gasteiger partial charge in [-0.1, -0.05) is 23.7 Å². The van der Waals surface area contributed by atoms with Crippen LogP contribution in [0.1, 0.15) is 24.9 Å². The zero-order valence-electron chi connectivity index (χ0n) is 14.2. The molecular formula is C19H19ClFNO3S. The lowest BCUT2D eigenvalue weighted by molar-refractivity contribution is -0.148. The van der Waals surface area contributed by atoms with Gasteiger partial charge in [0.25, 0.3) is 5.91 Å². The molecule has 1 atom stereocenters. The summed E-state index contributed by atoms with van der Waals surface area (Å²) in [5.74, 6) is -0.640. The van der Waals surface area contributed by atoms with Crippen LogP contribution >= 0.6 is 23.4 Å². The predicted octanol–water partition coefficient (Wildman–Crippen LogP) is 4.38. The first-order chi connectivity index (χ1) is 12.4. The van der Waals surface area contributed by atoms with Crippen LogP contribution in [-0.2, 0) is 14.3 Å². The Balaban J connectivity index is 1.66. The van der Waals surface area contributed by atoms with Crippen LogP contribution in [0.15, 0.2) is 53.4 Å². The maximum atomic E-state index is 12.8. The van der Waals surface area contributed by atoms with E-state index >= 15 is 0 Å². The molecule has 0 spiro atoms. The molecule has 138 valence electrons. The zero-order chi connectivity index (χ0) is 18.9. The number of rotatable bonds is 8. The Morgan fingerprint density at radius 1 is 1.23 bits per heavy atom. The van der Waals surface area contributed by atoms with Gasteiger partial charge in [-0.05, 0) is 48.9 Å². The van der Waals surface area contributed by atoms with Crippen molar-refractivity contribution in [3.63, 3.8) is 0 Å². The number of benzene rings is 2. The van der Waals surface area contributed by atoms with E-state index in [1.807, 2.05) is 13.0 Å². The summed E-state index contributed by atoms with van der Waals surface area (Å²) in [6, 6.07) is 13.0. The lowest BCUT2D eigenvalue weighted by atomic mass is 10.1. The Morgan fingerprint density at radius 3 is 2.65 bits per heavy atom. The lowest BCUT2D eigenvalue weighted by Crippen LogP contribution is -2.31. The van der Waals surface area contributed by atoms with Crippen molar-refractivity contribution in [2.24, 2.45) is 0 Å². The molecular weight excluding hydrogens is 377 g/mol. The molecule has 26 heavy (non-hydrogen) atoms. The molecule has 4 nitrogen and oxygen atoms in total. The third-order valence-corrected chi connectivity index (χ3v) is 4.73. The van der Waals surface area contributed by atoms with Gasteiger partial charge in [0, 0.05) is 15.7 Å². The molecule has 0 heterocycles. The van der Waals surface area contributed by atoms with Gasteiger partial charge in [-0.2, -0.15) is 0 Å². The second-order valence-corrected chi connectivity index (χ2v) is 7.16. The summed E-state index contributed by atoms with van der Waals surface area (Å²) in [6.07, 6.45) is 0.166. The molecule has 0 saturated carbocycles. The van der Waals surface area contributed by atoms with E-state index in [9.17, 15) is 14.0 Å². The number of thioether (sulfide) groups is 1. The molecule has 0 aliphatic heterocycles. The van der Waals surface area contributed by atoms with Gasteiger partial charge in [-0.25, -0.2) is 4.39 Å². The Hall–Kier alpha value is -2.05. The zero-order valence-corrected chi connectivity index (χ0v) is 15.8. The predicted molar refractivity (Wildman–Crippen MR) is 101 cm³/mol. The van der Waals surface area contributed by atoms with E-state index in [1.165, 1.54) is 23.9 Å². The number of carbonyl (C=O) groups is 2. The Bertz CT molecular complexity index is 755. The summed E-state index contributed by atoms with van der Waals surface area (Å²) in [7, 11) is 0. The van der Waals surface area contributed by atoms with Gasteiger partial charge >= 0.3 is 5.97 Å². The van der Waals surface area contributed by atoms with Crippen LogP contribution in [-0.4, -0.2) is 24.2 Å². The highest BCUT2D eigenvalue weighted by Gasteiger charge is 2.12. The first kappa shape index (κ1) is 20.3. The van der Waals surface area contributed by atoms with Crippen LogP contribution in [0.25, 0.3) is 0 Å². The van der Waals surface area contributed by atoms with Crippen molar-refractivity contribution in [1.82, 2.24) is 5.32 Å². The van der Waals surface area contributed by atoms with E-state index in [1.54, 1.807) is 30.3 Å². The minimum atomic E-state index is -0.454. The fraction of sp³-hybridized carbons (Fsp3) is 0.263. The van der Waals surface area contributed by atoms with Gasteiger partial charge < -0.3 is 10.1 Å². The van der Waals surface area contributed by atoms with Crippen molar-refractivity contribution in [2.75, 3.05) is 12.4 Å². The Labute approximate surface area is 161 Å². The van der Waals surface area contributed by atoms with Crippen molar-refractivity contribution in [1.29, 1.82) is 0 Å². The molecule has 0 aliphatic carbocycles. The highest BCUT2D eigenvalue weighted by Crippen LogP contribution is 2.19. The average molecular weight is 396 g/mol. The van der Waals surface area contributed by atoms with Crippen LogP contribution in [0.5, 0.6) is 0 Å². The molecule has 0 aromatic heterocycles. The average Bonchev–Trinajstić information content (AvgIpc) is 2.61. The van der Waals surface area contributed by atoms with E-state index in [0.29, 0.717) is 10.8 Å². The van der Waals surface area contributed by atoms with Crippen LogP contribution in [0.2, 0.25) is 5.02 Å². The van der Waals surface area contributed by atoms with Gasteiger partial charge in [0.1, 0.15) is 5.82 Å². The standard InChI is InChI=1S/C19H19ClFNO3S/c1-13(14-3-2-4-15(20)11-14)22-18(23)12-25-19(24)9-10-26-17-7-5-16(21)6-8-17/h2-8,11,13H,9-10,12H2,1H3,(H,22,23)/t13-/m1/s1. The van der Waals surface area contributed by atoms with Gasteiger partial charge in [0.15, 0.2) is 6.61 Å². The van der Waals surface area contributed by atoms with E-state index in [2.05, 4.69) is 5.32 Å². The summed E-state index contributed by atoms with van der Waals surface area (Å²) in [5, 5.41) is 3.34. The largest absolute Gasteiger partial charge is 0.456 e. The lowest BCUT2D eigenvalue weighted by Gasteiger charge is -2.14. The third kappa shape index (κ3) is 7.06. The number of halogens is 2. The molecule has 1 N–H and O–H groups in total. The second-order valence-electron chi connectivity index (χ2n) is 5.56. The minimum Gasteiger partial charge on any atom is -0.456 e. The van der Waals surface area contributed by atoms with Crippen molar-refractivity contribution in [3.05, 3.63) is 64.9 Å². The van der Waals surface area contributed by atoms with Gasteiger partial charge in [0.05, 0.1) is 12.5 Å². The number of carbonyl (C=O) groups excluding carboxylic acids is 2. The maximum absolute atomic E-state index is 12.8. The first-order valence-corrected chi connectivity index (χ1v) is 9.39. The quantitative estimate of drug-likeness (QED) is 0.532. The SMILES string of the molecule is C[C@@H](NC(=O)COC(=O)CCSc1ccc(F)cc1)c1cccc(Cl)c1. The summed E-state index contributed by atoms with van der Waals surface area (Å²) in [4.78, 5) is 24.4. The minimum absolute atomic E-state index is 0.166. The Morgan fingerprint density at radius 2 is 1.96 bits per heavy atom. The summed E-state index contributed by atoms with van der Waals surface area (Å²) >= 11 is 7.35.